The number of anilines is 1. The Kier molecular flexibility index (Phi) is 6.47. The molecule has 8 nitrogen and oxygen atoms in total. The van der Waals surface area contributed by atoms with Gasteiger partial charge in [-0.2, -0.15) is 10.4 Å². The molecule has 4 heterocycles. The minimum absolute atomic E-state index is 0.0402. The Hall–Kier alpha value is -3.38. The summed E-state index contributed by atoms with van der Waals surface area (Å²) in [4.78, 5) is 10.8. The maximum absolute atomic E-state index is 9.85. The summed E-state index contributed by atoms with van der Waals surface area (Å²) in [6.45, 7) is 8.67. The molecule has 0 bridgehead atoms. The number of rotatable bonds is 7. The molecule has 0 amide bonds. The van der Waals surface area contributed by atoms with Crippen molar-refractivity contribution in [3.8, 4) is 23.1 Å². The minimum Gasteiger partial charge on any atom is -0.486 e. The topological polar surface area (TPSA) is 103 Å². The number of aromatic nitrogens is 4. The van der Waals surface area contributed by atoms with Crippen molar-refractivity contribution in [2.45, 2.75) is 32.4 Å². The number of fused-ring (bicyclic) bond motifs is 1. The molecule has 4 aromatic rings. The highest BCUT2D eigenvalue weighted by Gasteiger charge is 2.39. The summed E-state index contributed by atoms with van der Waals surface area (Å²) in [7, 11) is 0. The Labute approximate surface area is 219 Å². The second-order valence-electron chi connectivity index (χ2n) is 9.21. The molecule has 0 unspecified atom stereocenters. The summed E-state index contributed by atoms with van der Waals surface area (Å²) in [6.07, 6.45) is 4.47. The zero-order chi connectivity index (χ0) is 25.4. The van der Waals surface area contributed by atoms with Crippen molar-refractivity contribution in [3.63, 3.8) is 0 Å². The van der Waals surface area contributed by atoms with Crippen molar-refractivity contribution in [1.82, 2.24) is 25.5 Å². The van der Waals surface area contributed by atoms with Crippen LogP contribution in [0.25, 0.3) is 22.2 Å². The summed E-state index contributed by atoms with van der Waals surface area (Å²) in [5, 5.41) is 22.6. The molecule has 1 saturated heterocycles. The van der Waals surface area contributed by atoms with Crippen LogP contribution in [0.2, 0.25) is 10.0 Å². The Morgan fingerprint density at radius 2 is 1.97 bits per heavy atom. The summed E-state index contributed by atoms with van der Waals surface area (Å²) in [6, 6.07) is 9.81. The largest absolute Gasteiger partial charge is 0.486 e. The first-order valence-electron chi connectivity index (χ1n) is 11.7. The molecule has 1 aromatic carbocycles. The number of nitrogens with zero attached hydrogens (tertiary/aromatic N) is 5. The lowest BCUT2D eigenvalue weighted by Gasteiger charge is -2.49. The monoisotopic (exact) mass is 521 g/mol. The highest BCUT2D eigenvalue weighted by molar-refractivity contribution is 6.35. The fraction of sp³-hybridized carbons (Fsp3) is 0.308. The minimum atomic E-state index is -0.392. The maximum atomic E-state index is 9.85. The van der Waals surface area contributed by atoms with Crippen LogP contribution >= 0.6 is 23.2 Å². The number of aromatic amines is 1. The van der Waals surface area contributed by atoms with E-state index in [2.05, 4.69) is 50.3 Å². The first-order chi connectivity index (χ1) is 17.3. The molecule has 0 aliphatic carbocycles. The van der Waals surface area contributed by atoms with Crippen molar-refractivity contribution in [2.75, 3.05) is 24.5 Å². The van der Waals surface area contributed by atoms with Crippen LogP contribution in [0.15, 0.2) is 42.9 Å². The summed E-state index contributed by atoms with van der Waals surface area (Å²) in [5.41, 5.74) is 3.53. The van der Waals surface area contributed by atoms with Crippen molar-refractivity contribution < 1.29 is 4.74 Å². The summed E-state index contributed by atoms with van der Waals surface area (Å²) >= 11 is 12.6. The van der Waals surface area contributed by atoms with E-state index in [-0.39, 0.29) is 5.54 Å². The highest BCUT2D eigenvalue weighted by atomic mass is 35.5. The van der Waals surface area contributed by atoms with Gasteiger partial charge in [-0.05, 0) is 44.7 Å². The standard InChI is InChI=1S/C26H25Cl2N7O/c1-4-32-26(3)13-35(14-26)25-16(9-29)7-17(10-31-25)24-19-8-18(5-6-22(19)33-34-24)36-15(2)23-20(27)11-30-12-21(23)28/h5-8,10-12,15,32H,4,13-14H2,1-3H3,(H,33,34)/t15-/m1/s1. The van der Waals surface area contributed by atoms with Crippen LogP contribution in [-0.4, -0.2) is 45.3 Å². The third-order valence-electron chi connectivity index (χ3n) is 6.39. The molecule has 1 aliphatic rings. The molecule has 36 heavy (non-hydrogen) atoms. The van der Waals surface area contributed by atoms with E-state index in [1.54, 1.807) is 18.6 Å². The lowest BCUT2D eigenvalue weighted by Crippen LogP contribution is -2.68. The van der Waals surface area contributed by atoms with E-state index in [0.717, 1.165) is 36.1 Å². The van der Waals surface area contributed by atoms with E-state index in [1.807, 2.05) is 31.2 Å². The summed E-state index contributed by atoms with van der Waals surface area (Å²) < 4.78 is 6.17. The van der Waals surface area contributed by atoms with Crippen LogP contribution in [0, 0.1) is 11.3 Å². The molecule has 1 atom stereocenters. The van der Waals surface area contributed by atoms with Gasteiger partial charge in [-0.15, -0.1) is 0 Å². The number of H-pyrrole nitrogens is 1. The molecular formula is C26H25Cl2N7O. The molecule has 184 valence electrons. The van der Waals surface area contributed by atoms with E-state index in [1.165, 1.54) is 0 Å². The molecule has 2 N–H and O–H groups in total. The van der Waals surface area contributed by atoms with Crippen LogP contribution in [-0.2, 0) is 0 Å². The molecule has 10 heteroatoms. The maximum Gasteiger partial charge on any atom is 0.146 e. The van der Waals surface area contributed by atoms with Gasteiger partial charge in [0.1, 0.15) is 29.4 Å². The van der Waals surface area contributed by atoms with Gasteiger partial charge in [0, 0.05) is 48.2 Å². The fourth-order valence-corrected chi connectivity index (χ4v) is 5.44. The zero-order valence-electron chi connectivity index (χ0n) is 20.1. The van der Waals surface area contributed by atoms with Crippen molar-refractivity contribution in [1.29, 1.82) is 5.26 Å². The molecular weight excluding hydrogens is 497 g/mol. The SMILES string of the molecule is CCNC1(C)CN(c2ncc(-c3n[nH]c4ccc(O[C@H](C)c5c(Cl)cncc5Cl)cc34)cc2C#N)C1. The van der Waals surface area contributed by atoms with Gasteiger partial charge < -0.3 is 15.0 Å². The highest BCUT2D eigenvalue weighted by Crippen LogP contribution is 2.36. The second-order valence-corrected chi connectivity index (χ2v) is 10.0. The van der Waals surface area contributed by atoms with Gasteiger partial charge in [0.25, 0.3) is 0 Å². The average molecular weight is 522 g/mol. The van der Waals surface area contributed by atoms with Crippen molar-refractivity contribution in [3.05, 3.63) is 64.0 Å². The number of pyridine rings is 2. The van der Waals surface area contributed by atoms with Crippen LogP contribution in [0.4, 0.5) is 5.82 Å². The number of benzene rings is 1. The summed E-state index contributed by atoms with van der Waals surface area (Å²) in [5.74, 6) is 1.33. The van der Waals surface area contributed by atoms with Gasteiger partial charge >= 0.3 is 0 Å². The quantitative estimate of drug-likeness (QED) is 0.329. The smallest absolute Gasteiger partial charge is 0.146 e. The third-order valence-corrected chi connectivity index (χ3v) is 6.99. The van der Waals surface area contributed by atoms with Gasteiger partial charge in [-0.25, -0.2) is 4.98 Å². The van der Waals surface area contributed by atoms with E-state index in [4.69, 9.17) is 27.9 Å². The van der Waals surface area contributed by atoms with Crippen LogP contribution in [0.1, 0.15) is 38.0 Å². The first kappa shape index (κ1) is 24.3. The number of hydrogen-bond acceptors (Lipinski definition) is 7. The number of likely N-dealkylation sites (N-methyl/N-ethyl adjacent to an activating group) is 1. The van der Waals surface area contributed by atoms with Gasteiger partial charge in [-0.3, -0.25) is 10.1 Å². The average Bonchev–Trinajstić information content (AvgIpc) is 3.25. The van der Waals surface area contributed by atoms with Gasteiger partial charge in [0.2, 0.25) is 0 Å². The first-order valence-corrected chi connectivity index (χ1v) is 12.4. The van der Waals surface area contributed by atoms with E-state index in [9.17, 15) is 5.26 Å². The van der Waals surface area contributed by atoms with E-state index < -0.39 is 6.10 Å². The van der Waals surface area contributed by atoms with Crippen LogP contribution in [0.3, 0.4) is 0 Å². The normalized spacial score (nSPS) is 15.4. The number of nitrogens with one attached hydrogen (secondary N) is 2. The van der Waals surface area contributed by atoms with Gasteiger partial charge in [0.15, 0.2) is 0 Å². The van der Waals surface area contributed by atoms with Gasteiger partial charge in [-0.1, -0.05) is 30.1 Å². The molecule has 3 aromatic heterocycles. The van der Waals surface area contributed by atoms with E-state index in [0.29, 0.717) is 38.4 Å². The number of ether oxygens (including phenoxy) is 1. The lowest BCUT2D eigenvalue weighted by molar-refractivity contribution is 0.227. The molecule has 0 radical (unpaired) electrons. The van der Waals surface area contributed by atoms with Gasteiger partial charge in [0.05, 0.1) is 26.7 Å². The predicted octanol–water partition coefficient (Wildman–Crippen LogP) is 5.53. The lowest BCUT2D eigenvalue weighted by atomic mass is 9.91. The Morgan fingerprint density at radius 1 is 1.22 bits per heavy atom. The molecule has 1 aliphatic heterocycles. The Balaban J connectivity index is 1.43. The molecule has 0 spiro atoms. The van der Waals surface area contributed by atoms with Crippen LogP contribution in [0.5, 0.6) is 5.75 Å². The Morgan fingerprint density at radius 3 is 2.67 bits per heavy atom. The molecule has 5 rings (SSSR count). The third kappa shape index (κ3) is 4.46. The fourth-order valence-electron chi connectivity index (χ4n) is 4.77. The second kappa shape index (κ2) is 9.58. The zero-order valence-corrected chi connectivity index (χ0v) is 21.7. The molecule has 0 saturated carbocycles. The van der Waals surface area contributed by atoms with Crippen molar-refractivity contribution in [2.24, 2.45) is 0 Å². The number of halogens is 2. The van der Waals surface area contributed by atoms with E-state index >= 15 is 0 Å². The predicted molar refractivity (Wildman–Crippen MR) is 142 cm³/mol. The van der Waals surface area contributed by atoms with Crippen molar-refractivity contribution >= 4 is 39.9 Å². The number of hydrogen-bond donors (Lipinski definition) is 2. The van der Waals surface area contributed by atoms with Crippen LogP contribution < -0.4 is 15.0 Å². The number of nitriles is 1. The molecule has 1 fully saturated rings. The Bertz CT molecular complexity index is 1450.